The Morgan fingerprint density at radius 1 is 1.31 bits per heavy atom. The van der Waals surface area contributed by atoms with Gasteiger partial charge in [0, 0.05) is 25.8 Å². The summed E-state index contributed by atoms with van der Waals surface area (Å²) in [6, 6.07) is 0. The molecule has 0 saturated carbocycles. The fraction of sp³-hybridized carbons (Fsp3) is 0.778. The number of carbonyl (C=O) groups excluding carboxylic acids is 2. The van der Waals surface area contributed by atoms with Crippen LogP contribution in [0.4, 0.5) is 0 Å². The maximum Gasteiger partial charge on any atom is 0.230 e. The zero-order chi connectivity index (χ0) is 12.4. The third kappa shape index (κ3) is 9.75. The van der Waals surface area contributed by atoms with Gasteiger partial charge in [0.05, 0.1) is 18.5 Å². The first-order valence-electron chi connectivity index (χ1n) is 4.94. The van der Waals surface area contributed by atoms with Gasteiger partial charge < -0.3 is 20.8 Å². The monoisotopic (exact) mass is 250 g/mol. The Balaban J connectivity index is 3.34. The quantitative estimate of drug-likeness (QED) is 0.386. The van der Waals surface area contributed by atoms with E-state index in [1.807, 2.05) is 0 Å². The molecular formula is C9H18N2O4S. The molecule has 0 aromatic rings. The van der Waals surface area contributed by atoms with Crippen LogP contribution in [0.15, 0.2) is 0 Å². The summed E-state index contributed by atoms with van der Waals surface area (Å²) in [5.41, 5.74) is 0. The summed E-state index contributed by atoms with van der Waals surface area (Å²) < 4.78 is 0. The molecule has 0 bridgehead atoms. The van der Waals surface area contributed by atoms with Gasteiger partial charge in [-0.2, -0.15) is 0 Å². The Bertz CT molecular complexity index is 226. The lowest BCUT2D eigenvalue weighted by molar-refractivity contribution is -0.120. The van der Waals surface area contributed by atoms with E-state index in [0.717, 1.165) is 0 Å². The van der Waals surface area contributed by atoms with Crippen LogP contribution >= 0.6 is 11.8 Å². The minimum atomic E-state index is -0.780. The van der Waals surface area contributed by atoms with Crippen LogP contribution in [0.3, 0.4) is 0 Å². The van der Waals surface area contributed by atoms with Crippen molar-refractivity contribution in [2.24, 2.45) is 0 Å². The van der Waals surface area contributed by atoms with Crippen molar-refractivity contribution in [2.45, 2.75) is 13.0 Å². The van der Waals surface area contributed by atoms with E-state index >= 15 is 0 Å². The highest BCUT2D eigenvalue weighted by Crippen LogP contribution is 2.01. The minimum Gasteiger partial charge on any atom is -0.394 e. The van der Waals surface area contributed by atoms with Crippen LogP contribution in [-0.2, 0) is 9.59 Å². The highest BCUT2D eigenvalue weighted by atomic mass is 32.2. The largest absolute Gasteiger partial charge is 0.394 e. The summed E-state index contributed by atoms with van der Waals surface area (Å²) in [4.78, 5) is 21.7. The Kier molecular flexibility index (Phi) is 8.97. The number of nitrogens with one attached hydrogen (secondary N) is 2. The van der Waals surface area contributed by atoms with Crippen molar-refractivity contribution < 1.29 is 19.8 Å². The zero-order valence-electron chi connectivity index (χ0n) is 9.23. The zero-order valence-corrected chi connectivity index (χ0v) is 10.0. The van der Waals surface area contributed by atoms with Gasteiger partial charge in [0.1, 0.15) is 0 Å². The summed E-state index contributed by atoms with van der Waals surface area (Å²) in [7, 11) is 0. The summed E-state index contributed by atoms with van der Waals surface area (Å²) in [6.45, 7) is 1.91. The van der Waals surface area contributed by atoms with Gasteiger partial charge in [-0.15, -0.1) is 11.8 Å². The van der Waals surface area contributed by atoms with E-state index in [-0.39, 0.29) is 24.2 Å². The summed E-state index contributed by atoms with van der Waals surface area (Å²) >= 11 is 1.25. The van der Waals surface area contributed by atoms with Crippen LogP contribution in [0, 0.1) is 0 Å². The van der Waals surface area contributed by atoms with Gasteiger partial charge in [-0.25, -0.2) is 0 Å². The molecule has 0 aromatic heterocycles. The van der Waals surface area contributed by atoms with Crippen LogP contribution < -0.4 is 10.6 Å². The third-order valence-corrected chi connectivity index (χ3v) is 2.66. The fourth-order valence-corrected chi connectivity index (χ4v) is 1.61. The predicted molar refractivity (Wildman–Crippen MR) is 62.1 cm³/mol. The molecule has 0 aromatic carbocycles. The molecule has 1 atom stereocenters. The number of amides is 2. The molecule has 2 amide bonds. The normalized spacial score (nSPS) is 11.9. The second-order valence-corrected chi connectivity index (χ2v) is 4.21. The van der Waals surface area contributed by atoms with Crippen molar-refractivity contribution in [2.75, 3.05) is 31.2 Å². The molecule has 1 unspecified atom stereocenters. The van der Waals surface area contributed by atoms with Gasteiger partial charge in [0.25, 0.3) is 0 Å². The van der Waals surface area contributed by atoms with E-state index < -0.39 is 6.10 Å². The standard InChI is InChI=1S/C9H18N2O4S/c1-7(13)10-2-3-11-9(15)6-16-5-8(14)4-12/h8,12,14H,2-6H2,1H3,(H,10,13)(H,11,15). The second kappa shape index (κ2) is 9.44. The molecule has 0 aliphatic carbocycles. The molecule has 0 radical (unpaired) electrons. The number of thioether (sulfide) groups is 1. The van der Waals surface area contributed by atoms with Gasteiger partial charge in [0.2, 0.25) is 11.8 Å². The lowest BCUT2D eigenvalue weighted by Gasteiger charge is -2.07. The Labute approximate surface area is 98.8 Å². The molecule has 0 aliphatic rings. The molecule has 16 heavy (non-hydrogen) atoms. The van der Waals surface area contributed by atoms with Gasteiger partial charge in [-0.05, 0) is 0 Å². The van der Waals surface area contributed by atoms with E-state index in [1.54, 1.807) is 0 Å². The lowest BCUT2D eigenvalue weighted by Crippen LogP contribution is -2.34. The number of hydrogen-bond acceptors (Lipinski definition) is 5. The maximum atomic E-state index is 11.2. The topological polar surface area (TPSA) is 98.7 Å². The Morgan fingerprint density at radius 3 is 2.50 bits per heavy atom. The molecular weight excluding hydrogens is 232 g/mol. The highest BCUT2D eigenvalue weighted by molar-refractivity contribution is 7.99. The molecule has 0 saturated heterocycles. The number of aliphatic hydroxyl groups excluding tert-OH is 2. The molecule has 6 nitrogen and oxygen atoms in total. The van der Waals surface area contributed by atoms with E-state index in [9.17, 15) is 9.59 Å². The molecule has 0 fully saturated rings. The van der Waals surface area contributed by atoms with Gasteiger partial charge >= 0.3 is 0 Å². The van der Waals surface area contributed by atoms with E-state index in [0.29, 0.717) is 18.8 Å². The number of hydrogen-bond donors (Lipinski definition) is 4. The number of rotatable bonds is 8. The molecule has 7 heteroatoms. The first kappa shape index (κ1) is 15.2. The van der Waals surface area contributed by atoms with Crippen molar-refractivity contribution in [1.29, 1.82) is 0 Å². The van der Waals surface area contributed by atoms with Crippen LogP contribution in [-0.4, -0.2) is 59.3 Å². The molecule has 0 rings (SSSR count). The third-order valence-electron chi connectivity index (χ3n) is 1.58. The van der Waals surface area contributed by atoms with Crippen LogP contribution in [0.25, 0.3) is 0 Å². The predicted octanol–water partition coefficient (Wildman–Crippen LogP) is -1.67. The van der Waals surface area contributed by atoms with Gasteiger partial charge in [-0.3, -0.25) is 9.59 Å². The fourth-order valence-electron chi connectivity index (χ4n) is 0.832. The van der Waals surface area contributed by atoms with Crippen molar-refractivity contribution in [3.05, 3.63) is 0 Å². The average Bonchev–Trinajstić information content (AvgIpc) is 2.24. The maximum absolute atomic E-state index is 11.2. The van der Waals surface area contributed by atoms with Gasteiger partial charge in [0.15, 0.2) is 0 Å². The number of aliphatic hydroxyl groups is 2. The number of carbonyl (C=O) groups is 2. The van der Waals surface area contributed by atoms with E-state index in [2.05, 4.69) is 10.6 Å². The summed E-state index contributed by atoms with van der Waals surface area (Å²) in [5.74, 6) is 0.280. The molecule has 0 heterocycles. The smallest absolute Gasteiger partial charge is 0.230 e. The second-order valence-electron chi connectivity index (χ2n) is 3.18. The van der Waals surface area contributed by atoms with E-state index in [4.69, 9.17) is 10.2 Å². The molecule has 94 valence electrons. The highest BCUT2D eigenvalue weighted by Gasteiger charge is 2.05. The lowest BCUT2D eigenvalue weighted by atomic mass is 10.4. The molecule has 4 N–H and O–H groups in total. The van der Waals surface area contributed by atoms with E-state index in [1.165, 1.54) is 18.7 Å². The summed E-state index contributed by atoms with van der Waals surface area (Å²) in [6.07, 6.45) is -0.780. The van der Waals surface area contributed by atoms with Crippen molar-refractivity contribution in [3.63, 3.8) is 0 Å². The Hall–Kier alpha value is -0.790. The minimum absolute atomic E-state index is 0.130. The van der Waals surface area contributed by atoms with Crippen molar-refractivity contribution in [1.82, 2.24) is 10.6 Å². The first-order valence-corrected chi connectivity index (χ1v) is 6.09. The van der Waals surface area contributed by atoms with Crippen molar-refractivity contribution >= 4 is 23.6 Å². The first-order chi connectivity index (χ1) is 7.56. The SMILES string of the molecule is CC(=O)NCCNC(=O)CSCC(O)CO. The van der Waals surface area contributed by atoms with Crippen molar-refractivity contribution in [3.8, 4) is 0 Å². The Morgan fingerprint density at radius 2 is 1.94 bits per heavy atom. The average molecular weight is 250 g/mol. The van der Waals surface area contributed by atoms with Crippen LogP contribution in [0.1, 0.15) is 6.92 Å². The molecule has 0 spiro atoms. The van der Waals surface area contributed by atoms with Crippen LogP contribution in [0.2, 0.25) is 0 Å². The molecule has 0 aliphatic heterocycles. The van der Waals surface area contributed by atoms with Crippen LogP contribution in [0.5, 0.6) is 0 Å². The van der Waals surface area contributed by atoms with Gasteiger partial charge in [-0.1, -0.05) is 0 Å². The summed E-state index contributed by atoms with van der Waals surface area (Å²) in [5, 5.41) is 22.7.